The van der Waals surface area contributed by atoms with Gasteiger partial charge in [-0.2, -0.15) is 0 Å². The smallest absolute Gasteiger partial charge is 0.241 e. The van der Waals surface area contributed by atoms with Crippen molar-refractivity contribution < 1.29 is 9.59 Å². The zero-order valence-electron chi connectivity index (χ0n) is 11.6. The summed E-state index contributed by atoms with van der Waals surface area (Å²) in [5.41, 5.74) is 2.31. The van der Waals surface area contributed by atoms with Gasteiger partial charge in [0.2, 0.25) is 5.91 Å². The summed E-state index contributed by atoms with van der Waals surface area (Å²) >= 11 is 0. The molecule has 0 bridgehead atoms. The Balaban J connectivity index is 1.64. The van der Waals surface area contributed by atoms with Gasteiger partial charge in [0.15, 0.2) is 0 Å². The Labute approximate surface area is 119 Å². The number of nitrogens with zero attached hydrogens (tertiary/aromatic N) is 2. The van der Waals surface area contributed by atoms with Gasteiger partial charge < -0.3 is 9.69 Å². The van der Waals surface area contributed by atoms with Crippen molar-refractivity contribution >= 4 is 17.9 Å². The quantitative estimate of drug-likeness (QED) is 0.783. The lowest BCUT2D eigenvalue weighted by molar-refractivity contribution is -0.121. The normalized spacial score (nSPS) is 22.6. The van der Waals surface area contributed by atoms with Crippen LogP contribution in [0, 0.1) is 5.92 Å². The highest BCUT2D eigenvalue weighted by atomic mass is 16.2. The highest BCUT2D eigenvalue weighted by Crippen LogP contribution is 2.27. The fraction of sp³-hybridized carbons (Fsp3) is 0.500. The zero-order chi connectivity index (χ0) is 13.9. The maximum Gasteiger partial charge on any atom is 0.241 e. The number of piperidine rings is 1. The van der Waals surface area contributed by atoms with Crippen molar-refractivity contribution in [2.45, 2.75) is 19.3 Å². The molecular formula is C16H20N2O2. The van der Waals surface area contributed by atoms with Gasteiger partial charge in [0.25, 0.3) is 0 Å². The number of anilines is 1. The van der Waals surface area contributed by atoms with Gasteiger partial charge in [-0.3, -0.25) is 9.69 Å². The number of aldehydes is 1. The summed E-state index contributed by atoms with van der Waals surface area (Å²) in [6, 6.07) is 8.11. The van der Waals surface area contributed by atoms with E-state index in [0.29, 0.717) is 6.54 Å². The highest BCUT2D eigenvalue weighted by molar-refractivity contribution is 5.96. The third-order valence-corrected chi connectivity index (χ3v) is 4.28. The minimum atomic E-state index is 0.0995. The van der Waals surface area contributed by atoms with Gasteiger partial charge in [0, 0.05) is 24.7 Å². The van der Waals surface area contributed by atoms with Crippen molar-refractivity contribution in [2.24, 2.45) is 5.92 Å². The van der Waals surface area contributed by atoms with Crippen LogP contribution in [-0.4, -0.2) is 43.3 Å². The van der Waals surface area contributed by atoms with Crippen molar-refractivity contribution in [2.75, 3.05) is 31.1 Å². The second kappa shape index (κ2) is 5.75. The predicted octanol–water partition coefficient (Wildman–Crippen LogP) is 1.49. The summed E-state index contributed by atoms with van der Waals surface area (Å²) in [6.07, 6.45) is 3.94. The first kappa shape index (κ1) is 13.3. The number of amides is 1. The van der Waals surface area contributed by atoms with Gasteiger partial charge in [0.1, 0.15) is 6.29 Å². The van der Waals surface area contributed by atoms with Gasteiger partial charge in [-0.15, -0.1) is 0 Å². The van der Waals surface area contributed by atoms with Crippen LogP contribution in [0.1, 0.15) is 18.4 Å². The molecule has 1 fully saturated rings. The van der Waals surface area contributed by atoms with E-state index in [-0.39, 0.29) is 11.8 Å². The summed E-state index contributed by atoms with van der Waals surface area (Å²) < 4.78 is 0. The molecule has 3 rings (SSSR count). The molecule has 1 amide bonds. The third-order valence-electron chi connectivity index (χ3n) is 4.28. The van der Waals surface area contributed by atoms with Crippen LogP contribution in [0.3, 0.4) is 0 Å². The average Bonchev–Trinajstić information content (AvgIpc) is 2.91. The van der Waals surface area contributed by atoms with Crippen molar-refractivity contribution in [1.29, 1.82) is 0 Å². The van der Waals surface area contributed by atoms with Crippen LogP contribution >= 0.6 is 0 Å². The number of carbonyl (C=O) groups is 2. The van der Waals surface area contributed by atoms with E-state index in [4.69, 9.17) is 0 Å². The van der Waals surface area contributed by atoms with E-state index >= 15 is 0 Å². The first-order chi connectivity index (χ1) is 9.78. The molecule has 0 aromatic heterocycles. The van der Waals surface area contributed by atoms with Crippen LogP contribution in [0.5, 0.6) is 0 Å². The number of carbonyl (C=O) groups excluding carboxylic acids is 2. The van der Waals surface area contributed by atoms with E-state index < -0.39 is 0 Å². The second-order valence-corrected chi connectivity index (χ2v) is 5.70. The van der Waals surface area contributed by atoms with Gasteiger partial charge >= 0.3 is 0 Å². The lowest BCUT2D eigenvalue weighted by Gasteiger charge is -2.31. The number of para-hydroxylation sites is 1. The molecule has 2 aliphatic rings. The first-order valence-electron chi connectivity index (χ1n) is 7.34. The molecule has 2 aliphatic heterocycles. The van der Waals surface area contributed by atoms with Crippen molar-refractivity contribution in [3.8, 4) is 0 Å². The molecular weight excluding hydrogens is 252 g/mol. The van der Waals surface area contributed by atoms with E-state index in [9.17, 15) is 9.59 Å². The van der Waals surface area contributed by atoms with E-state index in [1.165, 1.54) is 5.56 Å². The Morgan fingerprint density at radius 1 is 1.30 bits per heavy atom. The van der Waals surface area contributed by atoms with Crippen LogP contribution < -0.4 is 4.90 Å². The molecule has 0 saturated carbocycles. The second-order valence-electron chi connectivity index (χ2n) is 5.70. The Morgan fingerprint density at radius 3 is 3.00 bits per heavy atom. The number of hydrogen-bond acceptors (Lipinski definition) is 3. The predicted molar refractivity (Wildman–Crippen MR) is 77.7 cm³/mol. The van der Waals surface area contributed by atoms with E-state index in [0.717, 1.165) is 50.9 Å². The molecule has 1 unspecified atom stereocenters. The standard InChI is InChI=1S/C16H20N2O2/c19-12-13-4-3-8-17(10-13)11-16(20)18-9-7-14-5-1-2-6-15(14)18/h1-2,5-6,12-13H,3-4,7-11H2. The highest BCUT2D eigenvalue weighted by Gasteiger charge is 2.27. The number of benzene rings is 1. The molecule has 4 nitrogen and oxygen atoms in total. The largest absolute Gasteiger partial charge is 0.311 e. The molecule has 20 heavy (non-hydrogen) atoms. The molecule has 0 radical (unpaired) electrons. The molecule has 1 atom stereocenters. The van der Waals surface area contributed by atoms with Crippen LogP contribution in [0.4, 0.5) is 5.69 Å². The Morgan fingerprint density at radius 2 is 2.15 bits per heavy atom. The van der Waals surface area contributed by atoms with Crippen molar-refractivity contribution in [3.05, 3.63) is 29.8 Å². The van der Waals surface area contributed by atoms with Gasteiger partial charge in [-0.05, 0) is 37.4 Å². The van der Waals surface area contributed by atoms with Crippen LogP contribution in [0.25, 0.3) is 0 Å². The maximum atomic E-state index is 12.5. The first-order valence-corrected chi connectivity index (χ1v) is 7.34. The van der Waals surface area contributed by atoms with E-state index in [1.54, 1.807) is 0 Å². The molecule has 0 spiro atoms. The monoisotopic (exact) mass is 272 g/mol. The van der Waals surface area contributed by atoms with Crippen molar-refractivity contribution in [3.63, 3.8) is 0 Å². The Kier molecular flexibility index (Phi) is 3.83. The Hall–Kier alpha value is -1.68. The fourth-order valence-electron chi connectivity index (χ4n) is 3.22. The minimum absolute atomic E-state index is 0.0995. The van der Waals surface area contributed by atoms with Crippen LogP contribution in [-0.2, 0) is 16.0 Å². The lowest BCUT2D eigenvalue weighted by atomic mass is 10.00. The zero-order valence-corrected chi connectivity index (χ0v) is 11.6. The number of rotatable bonds is 3. The lowest BCUT2D eigenvalue weighted by Crippen LogP contribution is -2.44. The van der Waals surface area contributed by atoms with Crippen molar-refractivity contribution in [1.82, 2.24) is 4.90 Å². The summed E-state index contributed by atoms with van der Waals surface area (Å²) in [4.78, 5) is 27.4. The van der Waals surface area contributed by atoms with Crippen LogP contribution in [0.2, 0.25) is 0 Å². The Bertz CT molecular complexity index is 515. The summed E-state index contributed by atoms with van der Waals surface area (Å²) in [7, 11) is 0. The van der Waals surface area contributed by atoms with Gasteiger partial charge in [-0.25, -0.2) is 0 Å². The fourth-order valence-corrected chi connectivity index (χ4v) is 3.22. The summed E-state index contributed by atoms with van der Waals surface area (Å²) in [6.45, 7) is 2.86. The molecule has 106 valence electrons. The molecule has 1 saturated heterocycles. The van der Waals surface area contributed by atoms with Gasteiger partial charge in [0.05, 0.1) is 6.54 Å². The average molecular weight is 272 g/mol. The summed E-state index contributed by atoms with van der Waals surface area (Å²) in [5.74, 6) is 0.254. The van der Waals surface area contributed by atoms with E-state index in [2.05, 4.69) is 11.0 Å². The molecule has 0 aliphatic carbocycles. The number of fused-ring (bicyclic) bond motifs is 1. The van der Waals surface area contributed by atoms with E-state index in [1.807, 2.05) is 23.1 Å². The molecule has 0 N–H and O–H groups in total. The molecule has 2 heterocycles. The molecule has 1 aromatic rings. The number of likely N-dealkylation sites (tertiary alicyclic amines) is 1. The SMILES string of the molecule is O=CC1CCCN(CC(=O)N2CCc3ccccc32)C1. The topological polar surface area (TPSA) is 40.6 Å². The van der Waals surface area contributed by atoms with Gasteiger partial charge in [-0.1, -0.05) is 18.2 Å². The molecule has 4 heteroatoms. The summed E-state index contributed by atoms with van der Waals surface area (Å²) in [5, 5.41) is 0. The maximum absolute atomic E-state index is 12.5. The number of hydrogen-bond donors (Lipinski definition) is 0. The minimum Gasteiger partial charge on any atom is -0.311 e. The molecule has 1 aromatic carbocycles. The van der Waals surface area contributed by atoms with Crippen LogP contribution in [0.15, 0.2) is 24.3 Å². The third kappa shape index (κ3) is 2.61.